The molecule has 0 saturated carbocycles. The topological polar surface area (TPSA) is 68.7 Å². The molecule has 0 aliphatic carbocycles. The summed E-state index contributed by atoms with van der Waals surface area (Å²) in [5.41, 5.74) is 4.78. The van der Waals surface area contributed by atoms with Crippen molar-refractivity contribution < 1.29 is 19.1 Å². The summed E-state index contributed by atoms with van der Waals surface area (Å²) in [5, 5.41) is 2.96. The summed E-state index contributed by atoms with van der Waals surface area (Å²) in [6.45, 7) is 4.13. The van der Waals surface area contributed by atoms with Gasteiger partial charge < -0.3 is 14.4 Å². The number of ether oxygens (including phenoxy) is 2. The molecule has 0 radical (unpaired) electrons. The number of amides is 1. The van der Waals surface area contributed by atoms with Gasteiger partial charge in [0.1, 0.15) is 10.8 Å². The van der Waals surface area contributed by atoms with Crippen molar-refractivity contribution in [3.8, 4) is 27.6 Å². The van der Waals surface area contributed by atoms with Crippen LogP contribution in [0.5, 0.6) is 5.75 Å². The number of nitrogens with zero attached hydrogens (tertiary/aromatic N) is 2. The standard InChI is InChI=1S/C28H24N2O4S/c1-3-33-28(32)22-11-7-8-19(14-22)16-30-24-15-21(12-13-25(24)34-18(2)27(30)31)23-17-35-26(29-23)20-9-5-4-6-10-20/h4-15,17-18H,3,16H2,1-2H3. The maximum atomic E-state index is 13.1. The van der Waals surface area contributed by atoms with Gasteiger partial charge in [-0.15, -0.1) is 11.3 Å². The van der Waals surface area contributed by atoms with E-state index in [1.165, 1.54) is 0 Å². The van der Waals surface area contributed by atoms with E-state index in [2.05, 4.69) is 0 Å². The van der Waals surface area contributed by atoms with Crippen LogP contribution in [-0.4, -0.2) is 29.6 Å². The second-order valence-electron chi connectivity index (χ2n) is 8.19. The summed E-state index contributed by atoms with van der Waals surface area (Å²) in [7, 11) is 0. The lowest BCUT2D eigenvalue weighted by molar-refractivity contribution is -0.125. The normalized spacial score (nSPS) is 14.9. The third-order valence-corrected chi connectivity index (χ3v) is 6.66. The molecule has 0 saturated heterocycles. The third-order valence-electron chi connectivity index (χ3n) is 5.77. The summed E-state index contributed by atoms with van der Waals surface area (Å²) < 4.78 is 11.0. The Morgan fingerprint density at radius 1 is 1.06 bits per heavy atom. The molecule has 0 fully saturated rings. The van der Waals surface area contributed by atoms with Crippen LogP contribution in [0.15, 0.2) is 78.2 Å². The molecule has 0 bridgehead atoms. The Kier molecular flexibility index (Phi) is 6.33. The molecule has 1 aliphatic rings. The molecule has 7 heteroatoms. The van der Waals surface area contributed by atoms with E-state index in [0.29, 0.717) is 30.2 Å². The number of benzene rings is 3. The second kappa shape index (κ2) is 9.72. The smallest absolute Gasteiger partial charge is 0.338 e. The lowest BCUT2D eigenvalue weighted by atomic mass is 10.1. The van der Waals surface area contributed by atoms with Gasteiger partial charge in [-0.3, -0.25) is 4.79 Å². The number of carbonyl (C=O) groups is 2. The fourth-order valence-corrected chi connectivity index (χ4v) is 4.88. The van der Waals surface area contributed by atoms with Gasteiger partial charge in [-0.2, -0.15) is 0 Å². The first-order valence-corrected chi connectivity index (χ1v) is 12.3. The largest absolute Gasteiger partial charge is 0.479 e. The molecule has 1 atom stereocenters. The van der Waals surface area contributed by atoms with Crippen molar-refractivity contribution in [2.45, 2.75) is 26.5 Å². The lowest BCUT2D eigenvalue weighted by Crippen LogP contribution is -2.44. The van der Waals surface area contributed by atoms with E-state index in [-0.39, 0.29) is 11.9 Å². The Labute approximate surface area is 207 Å². The SMILES string of the molecule is CCOC(=O)c1cccc(CN2C(=O)C(C)Oc3ccc(-c4csc(-c5ccccc5)n4)cc32)c1. The number of hydrogen-bond acceptors (Lipinski definition) is 6. The van der Waals surface area contributed by atoms with Crippen molar-refractivity contribution >= 4 is 28.9 Å². The number of rotatable bonds is 6. The van der Waals surface area contributed by atoms with Crippen molar-refractivity contribution in [1.29, 1.82) is 0 Å². The number of carbonyl (C=O) groups excluding carboxylic acids is 2. The molecule has 2 heterocycles. The highest BCUT2D eigenvalue weighted by Gasteiger charge is 2.32. The van der Waals surface area contributed by atoms with E-state index in [4.69, 9.17) is 14.5 Å². The van der Waals surface area contributed by atoms with Gasteiger partial charge in [-0.05, 0) is 49.7 Å². The van der Waals surface area contributed by atoms with Gasteiger partial charge in [0.25, 0.3) is 5.91 Å². The first-order valence-electron chi connectivity index (χ1n) is 11.4. The van der Waals surface area contributed by atoms with Crippen molar-refractivity contribution in [2.75, 3.05) is 11.5 Å². The summed E-state index contributed by atoms with van der Waals surface area (Å²) in [6.07, 6.45) is -0.606. The Morgan fingerprint density at radius 2 is 1.89 bits per heavy atom. The summed E-state index contributed by atoms with van der Waals surface area (Å²) >= 11 is 1.58. The fourth-order valence-electron chi connectivity index (χ4n) is 4.04. The highest BCUT2D eigenvalue weighted by Crippen LogP contribution is 2.39. The monoisotopic (exact) mass is 484 g/mol. The van der Waals surface area contributed by atoms with Gasteiger partial charge in [-0.1, -0.05) is 42.5 Å². The first kappa shape index (κ1) is 22.8. The predicted octanol–water partition coefficient (Wildman–Crippen LogP) is 5.97. The summed E-state index contributed by atoms with van der Waals surface area (Å²) in [5.74, 6) is 0.122. The minimum atomic E-state index is -0.606. The van der Waals surface area contributed by atoms with E-state index in [9.17, 15) is 9.59 Å². The van der Waals surface area contributed by atoms with Crippen molar-refractivity contribution in [3.05, 3.63) is 89.3 Å². The van der Waals surface area contributed by atoms with Crippen LogP contribution in [0.2, 0.25) is 0 Å². The fraction of sp³-hybridized carbons (Fsp3) is 0.179. The molecule has 35 heavy (non-hydrogen) atoms. The zero-order chi connectivity index (χ0) is 24.4. The number of hydrogen-bond donors (Lipinski definition) is 0. The van der Waals surface area contributed by atoms with Crippen molar-refractivity contribution in [1.82, 2.24) is 4.98 Å². The molecule has 5 rings (SSSR count). The van der Waals surface area contributed by atoms with E-state index in [1.54, 1.807) is 48.3 Å². The quantitative estimate of drug-likeness (QED) is 0.316. The van der Waals surface area contributed by atoms with Crippen molar-refractivity contribution in [3.63, 3.8) is 0 Å². The highest BCUT2D eigenvalue weighted by atomic mass is 32.1. The minimum Gasteiger partial charge on any atom is -0.479 e. The molecule has 0 spiro atoms. The van der Waals surface area contributed by atoms with Crippen LogP contribution >= 0.6 is 11.3 Å². The maximum Gasteiger partial charge on any atom is 0.338 e. The van der Waals surface area contributed by atoms with Crippen LogP contribution in [0.25, 0.3) is 21.8 Å². The summed E-state index contributed by atoms with van der Waals surface area (Å²) in [6, 6.07) is 23.0. The Balaban J connectivity index is 1.47. The molecule has 0 N–H and O–H groups in total. The number of fused-ring (bicyclic) bond motifs is 1. The van der Waals surface area contributed by atoms with Crippen LogP contribution < -0.4 is 9.64 Å². The highest BCUT2D eigenvalue weighted by molar-refractivity contribution is 7.13. The number of aromatic nitrogens is 1. The van der Waals surface area contributed by atoms with Crippen LogP contribution in [0.4, 0.5) is 5.69 Å². The molecule has 4 aromatic rings. The van der Waals surface area contributed by atoms with Crippen LogP contribution in [0.3, 0.4) is 0 Å². The van der Waals surface area contributed by atoms with Gasteiger partial charge in [0.05, 0.1) is 30.1 Å². The molecule has 176 valence electrons. The zero-order valence-corrected chi connectivity index (χ0v) is 20.2. The van der Waals surface area contributed by atoms with Gasteiger partial charge >= 0.3 is 5.97 Å². The van der Waals surface area contributed by atoms with Gasteiger partial charge in [0.15, 0.2) is 6.10 Å². The molecular formula is C28H24N2O4S. The van der Waals surface area contributed by atoms with Gasteiger partial charge in [-0.25, -0.2) is 9.78 Å². The lowest BCUT2D eigenvalue weighted by Gasteiger charge is -2.33. The molecule has 1 amide bonds. The summed E-state index contributed by atoms with van der Waals surface area (Å²) in [4.78, 5) is 31.9. The van der Waals surface area contributed by atoms with Gasteiger partial charge in [0, 0.05) is 16.5 Å². The first-order chi connectivity index (χ1) is 17.0. The molecule has 1 unspecified atom stereocenters. The van der Waals surface area contributed by atoms with E-state index in [1.807, 2.05) is 60.0 Å². The molecule has 3 aromatic carbocycles. The third kappa shape index (κ3) is 4.68. The Morgan fingerprint density at radius 3 is 2.69 bits per heavy atom. The maximum absolute atomic E-state index is 13.1. The molecular weight excluding hydrogens is 460 g/mol. The second-order valence-corrected chi connectivity index (χ2v) is 9.05. The van der Waals surface area contributed by atoms with E-state index in [0.717, 1.165) is 27.4 Å². The number of anilines is 1. The molecule has 6 nitrogen and oxygen atoms in total. The van der Waals surface area contributed by atoms with E-state index >= 15 is 0 Å². The predicted molar refractivity (Wildman–Crippen MR) is 137 cm³/mol. The van der Waals surface area contributed by atoms with Crippen molar-refractivity contribution in [2.24, 2.45) is 0 Å². The number of thiazole rings is 1. The molecule has 1 aliphatic heterocycles. The Bertz CT molecular complexity index is 1380. The zero-order valence-electron chi connectivity index (χ0n) is 19.4. The minimum absolute atomic E-state index is 0.139. The van der Waals surface area contributed by atoms with Crippen LogP contribution in [0.1, 0.15) is 29.8 Å². The van der Waals surface area contributed by atoms with Crippen LogP contribution in [0, 0.1) is 0 Å². The van der Waals surface area contributed by atoms with Crippen LogP contribution in [-0.2, 0) is 16.1 Å². The van der Waals surface area contributed by atoms with Gasteiger partial charge in [0.2, 0.25) is 0 Å². The van der Waals surface area contributed by atoms with E-state index < -0.39 is 6.10 Å². The molecule has 1 aromatic heterocycles. The average Bonchev–Trinajstić information content (AvgIpc) is 3.38. The number of esters is 1. The average molecular weight is 485 g/mol. The Hall–Kier alpha value is -3.97.